The first-order chi connectivity index (χ1) is 15.2. The van der Waals surface area contributed by atoms with Gasteiger partial charge in [0.15, 0.2) is 5.96 Å². The number of guanidine groups is 1. The Morgan fingerprint density at radius 2 is 1.90 bits per heavy atom. The fourth-order valence-corrected chi connectivity index (χ4v) is 3.00. The summed E-state index contributed by atoms with van der Waals surface area (Å²) in [5.74, 6) is 1.62. The Hall–Kier alpha value is -3.32. The highest BCUT2D eigenvalue weighted by molar-refractivity contribution is 5.79. The van der Waals surface area contributed by atoms with E-state index < -0.39 is 0 Å². The summed E-state index contributed by atoms with van der Waals surface area (Å²) in [4.78, 5) is 16.5. The standard InChI is InChI=1S/C24H30N4O3/c1-2-25-24(26-13-6-15-30-19-22-7-5-16-31-22)27-17-20-9-11-21(12-10-20)18-28-14-4-3-8-23(28)29/h3-5,7-12,14,16H,2,6,13,15,17-19H2,1H3,(H2,25,26,27). The van der Waals surface area contributed by atoms with Crippen LogP contribution in [0.2, 0.25) is 0 Å². The van der Waals surface area contributed by atoms with E-state index in [-0.39, 0.29) is 5.56 Å². The smallest absolute Gasteiger partial charge is 0.250 e. The van der Waals surface area contributed by atoms with Gasteiger partial charge in [-0.05, 0) is 42.7 Å². The number of rotatable bonds is 11. The summed E-state index contributed by atoms with van der Waals surface area (Å²) in [6.45, 7) is 5.91. The highest BCUT2D eigenvalue weighted by Gasteiger charge is 2.01. The third-order valence-corrected chi connectivity index (χ3v) is 4.62. The minimum atomic E-state index is 0.00361. The van der Waals surface area contributed by atoms with Gasteiger partial charge in [-0.15, -0.1) is 0 Å². The van der Waals surface area contributed by atoms with Crippen molar-refractivity contribution in [1.82, 2.24) is 15.2 Å². The van der Waals surface area contributed by atoms with Gasteiger partial charge in [-0.3, -0.25) is 4.79 Å². The Morgan fingerprint density at radius 3 is 2.65 bits per heavy atom. The first-order valence-corrected chi connectivity index (χ1v) is 10.6. The lowest BCUT2D eigenvalue weighted by Crippen LogP contribution is -2.38. The van der Waals surface area contributed by atoms with Crippen molar-refractivity contribution in [1.29, 1.82) is 0 Å². The molecule has 2 aromatic heterocycles. The van der Waals surface area contributed by atoms with Gasteiger partial charge < -0.3 is 24.4 Å². The summed E-state index contributed by atoms with van der Waals surface area (Å²) < 4.78 is 12.5. The largest absolute Gasteiger partial charge is 0.467 e. The van der Waals surface area contributed by atoms with Crippen LogP contribution in [0.5, 0.6) is 0 Å². The van der Waals surface area contributed by atoms with Crippen molar-refractivity contribution < 1.29 is 9.15 Å². The average Bonchev–Trinajstić information content (AvgIpc) is 3.30. The number of aliphatic imine (C=N–C) groups is 1. The van der Waals surface area contributed by atoms with Gasteiger partial charge in [-0.25, -0.2) is 4.99 Å². The van der Waals surface area contributed by atoms with Gasteiger partial charge in [0.1, 0.15) is 12.4 Å². The molecule has 164 valence electrons. The molecule has 3 aromatic rings. The van der Waals surface area contributed by atoms with Crippen LogP contribution in [0.3, 0.4) is 0 Å². The molecule has 0 atom stereocenters. The number of hydrogen-bond donors (Lipinski definition) is 2. The molecule has 0 saturated heterocycles. The summed E-state index contributed by atoms with van der Waals surface area (Å²) in [5, 5.41) is 6.59. The van der Waals surface area contributed by atoms with Crippen LogP contribution in [0.15, 0.2) is 81.3 Å². The summed E-state index contributed by atoms with van der Waals surface area (Å²) in [6.07, 6.45) is 4.33. The molecule has 0 saturated carbocycles. The molecule has 0 aliphatic rings. The van der Waals surface area contributed by atoms with Crippen molar-refractivity contribution in [2.24, 2.45) is 4.99 Å². The van der Waals surface area contributed by atoms with E-state index >= 15 is 0 Å². The Kier molecular flexibility index (Phi) is 8.94. The molecule has 0 bridgehead atoms. The van der Waals surface area contributed by atoms with Crippen molar-refractivity contribution in [2.45, 2.75) is 33.0 Å². The van der Waals surface area contributed by atoms with Gasteiger partial charge in [0.25, 0.3) is 5.56 Å². The van der Waals surface area contributed by atoms with Crippen molar-refractivity contribution in [3.8, 4) is 0 Å². The molecule has 0 unspecified atom stereocenters. The predicted octanol–water partition coefficient (Wildman–Crippen LogP) is 3.15. The van der Waals surface area contributed by atoms with E-state index in [1.54, 1.807) is 29.2 Å². The normalized spacial score (nSPS) is 11.5. The Balaban J connectivity index is 1.42. The van der Waals surface area contributed by atoms with E-state index in [0.29, 0.717) is 26.3 Å². The predicted molar refractivity (Wildman–Crippen MR) is 122 cm³/mol. The fourth-order valence-electron chi connectivity index (χ4n) is 3.00. The SMILES string of the molecule is CCNC(=NCc1ccc(Cn2ccccc2=O)cc1)NCCCOCc1ccco1. The van der Waals surface area contributed by atoms with Crippen LogP contribution in [0.25, 0.3) is 0 Å². The molecule has 0 aliphatic heterocycles. The molecule has 0 radical (unpaired) electrons. The van der Waals surface area contributed by atoms with E-state index in [1.165, 1.54) is 0 Å². The first-order valence-electron chi connectivity index (χ1n) is 10.6. The third kappa shape index (κ3) is 7.79. The molecule has 1 aromatic carbocycles. The molecule has 2 heterocycles. The van der Waals surface area contributed by atoms with E-state index in [9.17, 15) is 4.79 Å². The zero-order chi connectivity index (χ0) is 21.7. The molecule has 0 amide bonds. The second kappa shape index (κ2) is 12.4. The molecular formula is C24H30N4O3. The van der Waals surface area contributed by atoms with Crippen LogP contribution in [-0.2, 0) is 24.4 Å². The first kappa shape index (κ1) is 22.4. The number of furan rings is 1. The Labute approximate surface area is 182 Å². The van der Waals surface area contributed by atoms with Gasteiger partial charge in [0.2, 0.25) is 0 Å². The van der Waals surface area contributed by atoms with Crippen LogP contribution in [0.1, 0.15) is 30.2 Å². The highest BCUT2D eigenvalue weighted by Crippen LogP contribution is 2.07. The summed E-state index contributed by atoms with van der Waals surface area (Å²) in [6, 6.07) is 17.2. The average molecular weight is 423 g/mol. The van der Waals surface area contributed by atoms with Gasteiger partial charge in [-0.2, -0.15) is 0 Å². The van der Waals surface area contributed by atoms with Crippen LogP contribution in [0, 0.1) is 0 Å². The lowest BCUT2D eigenvalue weighted by Gasteiger charge is -2.11. The maximum Gasteiger partial charge on any atom is 0.250 e. The van der Waals surface area contributed by atoms with Crippen LogP contribution >= 0.6 is 0 Å². The minimum absolute atomic E-state index is 0.00361. The van der Waals surface area contributed by atoms with Crippen LogP contribution in [-0.4, -0.2) is 30.2 Å². The Morgan fingerprint density at radius 1 is 1.06 bits per heavy atom. The molecule has 0 spiro atoms. The van der Waals surface area contributed by atoms with Crippen molar-refractivity contribution in [3.63, 3.8) is 0 Å². The van der Waals surface area contributed by atoms with E-state index in [2.05, 4.69) is 27.8 Å². The molecule has 0 fully saturated rings. The van der Waals surface area contributed by atoms with E-state index in [1.807, 2.05) is 37.3 Å². The monoisotopic (exact) mass is 422 g/mol. The second-order valence-electron chi connectivity index (χ2n) is 7.09. The Bertz CT molecular complexity index is 979. The van der Waals surface area contributed by atoms with E-state index in [4.69, 9.17) is 9.15 Å². The number of nitrogens with one attached hydrogen (secondary N) is 2. The van der Waals surface area contributed by atoms with Crippen LogP contribution < -0.4 is 16.2 Å². The van der Waals surface area contributed by atoms with Gasteiger partial charge in [0, 0.05) is 32.0 Å². The molecule has 7 heteroatoms. The number of benzene rings is 1. The zero-order valence-electron chi connectivity index (χ0n) is 17.9. The third-order valence-electron chi connectivity index (χ3n) is 4.62. The topological polar surface area (TPSA) is 80.8 Å². The second-order valence-corrected chi connectivity index (χ2v) is 7.09. The summed E-state index contributed by atoms with van der Waals surface area (Å²) >= 11 is 0. The van der Waals surface area contributed by atoms with Crippen LogP contribution in [0.4, 0.5) is 0 Å². The number of ether oxygens (including phenoxy) is 1. The van der Waals surface area contributed by atoms with Gasteiger partial charge in [-0.1, -0.05) is 30.3 Å². The number of aromatic nitrogens is 1. The molecule has 7 nitrogen and oxygen atoms in total. The van der Waals surface area contributed by atoms with Gasteiger partial charge in [0.05, 0.1) is 19.4 Å². The minimum Gasteiger partial charge on any atom is -0.467 e. The van der Waals surface area contributed by atoms with Crippen molar-refractivity contribution >= 4 is 5.96 Å². The zero-order valence-corrected chi connectivity index (χ0v) is 17.9. The molecule has 0 aliphatic carbocycles. The number of hydrogen-bond acceptors (Lipinski definition) is 4. The number of nitrogens with zero attached hydrogens (tertiary/aromatic N) is 2. The summed E-state index contributed by atoms with van der Waals surface area (Å²) in [5.41, 5.74) is 2.20. The molecular weight excluding hydrogens is 392 g/mol. The molecule has 31 heavy (non-hydrogen) atoms. The lowest BCUT2D eigenvalue weighted by atomic mass is 10.1. The highest BCUT2D eigenvalue weighted by atomic mass is 16.5. The fraction of sp³-hybridized carbons (Fsp3) is 0.333. The summed E-state index contributed by atoms with van der Waals surface area (Å²) in [7, 11) is 0. The van der Waals surface area contributed by atoms with Crippen molar-refractivity contribution in [3.05, 3.63) is 94.3 Å². The van der Waals surface area contributed by atoms with Gasteiger partial charge >= 0.3 is 0 Å². The molecule has 3 rings (SSSR count). The maximum atomic E-state index is 11.8. The molecule has 2 N–H and O–H groups in total. The lowest BCUT2D eigenvalue weighted by molar-refractivity contribution is 0.105. The number of pyridine rings is 1. The maximum absolute atomic E-state index is 11.8. The quantitative estimate of drug-likeness (QED) is 0.282. The van der Waals surface area contributed by atoms with Crippen molar-refractivity contribution in [2.75, 3.05) is 19.7 Å². The van der Waals surface area contributed by atoms with E-state index in [0.717, 1.165) is 42.4 Å².